The summed E-state index contributed by atoms with van der Waals surface area (Å²) >= 11 is 0. The van der Waals surface area contributed by atoms with Crippen molar-refractivity contribution in [3.05, 3.63) is 41.7 Å². The summed E-state index contributed by atoms with van der Waals surface area (Å²) in [6, 6.07) is 8.09. The van der Waals surface area contributed by atoms with Gasteiger partial charge >= 0.3 is 0 Å². The zero-order chi connectivity index (χ0) is 13.9. The molecule has 1 aromatic carbocycles. The minimum Gasteiger partial charge on any atom is -0.347 e. The van der Waals surface area contributed by atoms with Crippen LogP contribution in [0.1, 0.15) is 22.5 Å². The first-order valence-electron chi connectivity index (χ1n) is 6.73. The van der Waals surface area contributed by atoms with E-state index in [1.54, 1.807) is 10.9 Å². The van der Waals surface area contributed by atoms with Gasteiger partial charge in [0.05, 0.1) is 11.9 Å². The van der Waals surface area contributed by atoms with Crippen LogP contribution < -0.4 is 10.6 Å². The lowest BCUT2D eigenvalue weighted by atomic mass is 10.2. The molecule has 0 aliphatic carbocycles. The molecule has 0 radical (unpaired) electrons. The fraction of sp³-hybridized carbons (Fsp3) is 0.357. The second-order valence-corrected chi connectivity index (χ2v) is 5.05. The molecule has 0 saturated carbocycles. The Balaban J connectivity index is 0.00000161. The number of benzene rings is 1. The maximum Gasteiger partial charge on any atom is 0.273 e. The summed E-state index contributed by atoms with van der Waals surface area (Å²) in [4.78, 5) is 12.1. The lowest BCUT2D eigenvalue weighted by molar-refractivity contribution is 0.0935. The Morgan fingerprint density at radius 3 is 3.05 bits per heavy atom. The van der Waals surface area contributed by atoms with E-state index in [2.05, 4.69) is 20.9 Å². The van der Waals surface area contributed by atoms with Crippen LogP contribution in [0.15, 0.2) is 30.5 Å². The van der Waals surface area contributed by atoms with E-state index < -0.39 is 0 Å². The monoisotopic (exact) mass is 307 g/mol. The predicted octanol–water partition coefficient (Wildman–Crippen LogP) is 1.09. The molecule has 1 saturated heterocycles. The fourth-order valence-corrected chi connectivity index (χ4v) is 2.30. The van der Waals surface area contributed by atoms with Crippen LogP contribution in [0, 0.1) is 6.92 Å². The van der Waals surface area contributed by atoms with Crippen molar-refractivity contribution < 1.29 is 4.79 Å². The van der Waals surface area contributed by atoms with E-state index in [0.29, 0.717) is 5.69 Å². The third-order valence-electron chi connectivity index (χ3n) is 3.39. The highest BCUT2D eigenvalue weighted by Gasteiger charge is 2.19. The Morgan fingerprint density at radius 2 is 2.33 bits per heavy atom. The molecular formula is C14H18ClN5O. The Hall–Kier alpha value is -1.92. The SMILES string of the molecule is Cc1cccc(-n2cc(C(=O)NC3CCNC3)nn2)c1.Cl. The number of hydrogen-bond donors (Lipinski definition) is 2. The lowest BCUT2D eigenvalue weighted by Gasteiger charge is -2.08. The van der Waals surface area contributed by atoms with E-state index in [-0.39, 0.29) is 24.4 Å². The fourth-order valence-electron chi connectivity index (χ4n) is 2.30. The van der Waals surface area contributed by atoms with Crippen LogP contribution in [0.4, 0.5) is 0 Å². The van der Waals surface area contributed by atoms with Gasteiger partial charge in [0.25, 0.3) is 5.91 Å². The molecule has 1 amide bonds. The average Bonchev–Trinajstić information content (AvgIpc) is 3.09. The molecule has 1 unspecified atom stereocenters. The predicted molar refractivity (Wildman–Crippen MR) is 82.1 cm³/mol. The van der Waals surface area contributed by atoms with E-state index >= 15 is 0 Å². The van der Waals surface area contributed by atoms with Gasteiger partial charge in [0, 0.05) is 12.6 Å². The van der Waals surface area contributed by atoms with E-state index in [0.717, 1.165) is 30.8 Å². The molecule has 1 fully saturated rings. The molecule has 1 aliphatic heterocycles. The van der Waals surface area contributed by atoms with Gasteiger partial charge in [0.15, 0.2) is 5.69 Å². The minimum absolute atomic E-state index is 0. The third kappa shape index (κ3) is 3.59. The van der Waals surface area contributed by atoms with Crippen LogP contribution in [-0.2, 0) is 0 Å². The Morgan fingerprint density at radius 1 is 1.48 bits per heavy atom. The van der Waals surface area contributed by atoms with Gasteiger partial charge in [-0.25, -0.2) is 4.68 Å². The lowest BCUT2D eigenvalue weighted by Crippen LogP contribution is -2.36. The number of carbonyl (C=O) groups excluding carboxylic acids is 1. The molecule has 2 heterocycles. The van der Waals surface area contributed by atoms with Crippen molar-refractivity contribution in [3.63, 3.8) is 0 Å². The molecular weight excluding hydrogens is 290 g/mol. The Labute approximate surface area is 129 Å². The molecule has 1 atom stereocenters. The van der Waals surface area contributed by atoms with Gasteiger partial charge in [-0.2, -0.15) is 0 Å². The number of halogens is 1. The van der Waals surface area contributed by atoms with E-state index in [1.165, 1.54) is 0 Å². The van der Waals surface area contributed by atoms with Gasteiger partial charge in [0.1, 0.15) is 0 Å². The zero-order valence-electron chi connectivity index (χ0n) is 11.7. The van der Waals surface area contributed by atoms with Crippen LogP contribution in [0.5, 0.6) is 0 Å². The summed E-state index contributed by atoms with van der Waals surface area (Å²) in [5.74, 6) is -0.169. The third-order valence-corrected chi connectivity index (χ3v) is 3.39. The number of carbonyl (C=O) groups is 1. The number of nitrogens with one attached hydrogen (secondary N) is 2. The number of aromatic nitrogens is 3. The smallest absolute Gasteiger partial charge is 0.273 e. The van der Waals surface area contributed by atoms with Gasteiger partial charge in [-0.05, 0) is 37.6 Å². The first kappa shape index (κ1) is 15.5. The maximum absolute atomic E-state index is 12.1. The molecule has 0 bridgehead atoms. The Kier molecular flexibility index (Phi) is 4.93. The summed E-state index contributed by atoms with van der Waals surface area (Å²) in [7, 11) is 0. The van der Waals surface area contributed by atoms with Crippen molar-refractivity contribution in [1.29, 1.82) is 0 Å². The normalized spacial score (nSPS) is 17.3. The van der Waals surface area contributed by atoms with Crippen LogP contribution in [0.2, 0.25) is 0 Å². The molecule has 21 heavy (non-hydrogen) atoms. The number of amides is 1. The second-order valence-electron chi connectivity index (χ2n) is 5.05. The summed E-state index contributed by atoms with van der Waals surface area (Å²) in [5.41, 5.74) is 2.39. The molecule has 112 valence electrons. The number of hydrogen-bond acceptors (Lipinski definition) is 4. The van der Waals surface area contributed by atoms with Crippen molar-refractivity contribution >= 4 is 18.3 Å². The summed E-state index contributed by atoms with van der Waals surface area (Å²) in [5, 5.41) is 14.1. The molecule has 6 nitrogen and oxygen atoms in total. The van der Waals surface area contributed by atoms with Crippen LogP contribution in [-0.4, -0.2) is 40.0 Å². The standard InChI is InChI=1S/C14H17N5O.ClH/c1-10-3-2-4-12(7-10)19-9-13(17-18-19)14(20)16-11-5-6-15-8-11;/h2-4,7,9,11,15H,5-6,8H2,1H3,(H,16,20);1H. The van der Waals surface area contributed by atoms with Gasteiger partial charge in [0.2, 0.25) is 0 Å². The van der Waals surface area contributed by atoms with E-state index in [4.69, 9.17) is 0 Å². The van der Waals surface area contributed by atoms with Crippen molar-refractivity contribution in [1.82, 2.24) is 25.6 Å². The number of rotatable bonds is 3. The largest absolute Gasteiger partial charge is 0.347 e. The average molecular weight is 308 g/mol. The highest BCUT2D eigenvalue weighted by atomic mass is 35.5. The number of aryl methyl sites for hydroxylation is 1. The molecule has 2 N–H and O–H groups in total. The summed E-state index contributed by atoms with van der Waals surface area (Å²) in [6.45, 7) is 3.78. The van der Waals surface area contributed by atoms with Gasteiger partial charge in [-0.15, -0.1) is 17.5 Å². The maximum atomic E-state index is 12.1. The molecule has 2 aromatic rings. The zero-order valence-corrected chi connectivity index (χ0v) is 12.6. The molecule has 7 heteroatoms. The highest BCUT2D eigenvalue weighted by Crippen LogP contribution is 2.09. The molecule has 1 aromatic heterocycles. The van der Waals surface area contributed by atoms with Crippen LogP contribution >= 0.6 is 12.4 Å². The first-order valence-corrected chi connectivity index (χ1v) is 6.73. The quantitative estimate of drug-likeness (QED) is 0.890. The van der Waals surface area contributed by atoms with Crippen molar-refractivity contribution in [2.45, 2.75) is 19.4 Å². The van der Waals surface area contributed by atoms with Crippen LogP contribution in [0.3, 0.4) is 0 Å². The Bertz CT molecular complexity index is 621. The topological polar surface area (TPSA) is 71.8 Å². The van der Waals surface area contributed by atoms with Crippen molar-refractivity contribution in [3.8, 4) is 5.69 Å². The van der Waals surface area contributed by atoms with Gasteiger partial charge in [-0.3, -0.25) is 4.79 Å². The molecule has 0 spiro atoms. The van der Waals surface area contributed by atoms with Crippen molar-refractivity contribution in [2.75, 3.05) is 13.1 Å². The second kappa shape index (κ2) is 6.69. The van der Waals surface area contributed by atoms with E-state index in [1.807, 2.05) is 31.2 Å². The van der Waals surface area contributed by atoms with Crippen molar-refractivity contribution in [2.24, 2.45) is 0 Å². The summed E-state index contributed by atoms with van der Waals surface area (Å²) < 4.78 is 1.62. The van der Waals surface area contributed by atoms with Gasteiger partial charge in [-0.1, -0.05) is 17.3 Å². The number of nitrogens with zero attached hydrogens (tertiary/aromatic N) is 3. The first-order chi connectivity index (χ1) is 9.72. The molecule has 1 aliphatic rings. The highest BCUT2D eigenvalue weighted by molar-refractivity contribution is 5.92. The van der Waals surface area contributed by atoms with E-state index in [9.17, 15) is 4.79 Å². The molecule has 3 rings (SSSR count). The van der Waals surface area contributed by atoms with Gasteiger partial charge < -0.3 is 10.6 Å². The summed E-state index contributed by atoms with van der Waals surface area (Å²) in [6.07, 6.45) is 2.62. The van der Waals surface area contributed by atoms with Crippen LogP contribution in [0.25, 0.3) is 5.69 Å². The minimum atomic E-state index is -0.169.